The van der Waals surface area contributed by atoms with Crippen molar-refractivity contribution >= 4 is 84.3 Å². The minimum Gasteiger partial charge on any atom is -0.744 e. The maximum absolute atomic E-state index is 12.0. The number of nitro benzene ring substituents is 1. The zero-order valence-corrected chi connectivity index (χ0v) is 30.5. The summed E-state index contributed by atoms with van der Waals surface area (Å²) in [4.78, 5) is 21.8. The molecule has 0 unspecified atom stereocenters. The number of nitrogens with zero attached hydrogens (tertiary/aromatic N) is 7. The molecule has 45 heavy (non-hydrogen) atoms. The standard InChI is InChI=1S/C24H17Cl2N7O8S2.2Na/c1-32(24-28-22(25)27-23(26)29-24)18-10-7-16(8-11-18)30-31-17-6-4-14(20(12-17)42(36,37)38)2-3-15-5-9-19(33(34)35)13-21(15)43(39,40)41;;/h2-13H,1H3,(H,36,37,38)(H,39,40,41);;/q;2*+1/p-2. The molecule has 0 spiro atoms. The Morgan fingerprint density at radius 3 is 1.73 bits per heavy atom. The van der Waals surface area contributed by atoms with Crippen LogP contribution in [0.15, 0.2) is 80.7 Å². The minimum atomic E-state index is -5.13. The topological polar surface area (TPSA) is 224 Å². The first-order chi connectivity index (χ1) is 20.1. The first-order valence-corrected chi connectivity index (χ1v) is 15.0. The van der Waals surface area contributed by atoms with E-state index in [9.17, 15) is 36.1 Å². The Balaban J connectivity index is 0.00000353. The Bertz CT molecular complexity index is 2000. The van der Waals surface area contributed by atoms with Crippen molar-refractivity contribution in [3.63, 3.8) is 0 Å². The molecule has 1 aromatic heterocycles. The van der Waals surface area contributed by atoms with E-state index in [1.807, 2.05) is 0 Å². The molecule has 3 aromatic carbocycles. The third-order valence-electron chi connectivity index (χ3n) is 5.57. The van der Waals surface area contributed by atoms with Crippen LogP contribution in [0.3, 0.4) is 0 Å². The zero-order valence-electron chi connectivity index (χ0n) is 23.4. The molecule has 0 bridgehead atoms. The van der Waals surface area contributed by atoms with Crippen molar-refractivity contribution < 1.29 is 90.0 Å². The van der Waals surface area contributed by atoms with Gasteiger partial charge in [-0.25, -0.2) is 16.8 Å². The van der Waals surface area contributed by atoms with Gasteiger partial charge in [0.2, 0.25) is 16.5 Å². The van der Waals surface area contributed by atoms with Gasteiger partial charge in [0, 0.05) is 24.9 Å². The van der Waals surface area contributed by atoms with Crippen LogP contribution in [0.4, 0.5) is 28.7 Å². The zero-order chi connectivity index (χ0) is 31.5. The number of halogens is 2. The van der Waals surface area contributed by atoms with Crippen LogP contribution in [-0.2, 0) is 20.2 Å². The molecular formula is C24H15Cl2N7Na2O8S2. The van der Waals surface area contributed by atoms with Gasteiger partial charge < -0.3 is 14.0 Å². The fourth-order valence-corrected chi connectivity index (χ4v) is 5.28. The maximum atomic E-state index is 12.0. The number of rotatable bonds is 9. The molecule has 0 N–H and O–H groups in total. The summed E-state index contributed by atoms with van der Waals surface area (Å²) in [6, 6.07) is 12.6. The van der Waals surface area contributed by atoms with E-state index in [1.165, 1.54) is 12.1 Å². The third-order valence-corrected chi connectivity index (χ3v) is 7.70. The fourth-order valence-electron chi connectivity index (χ4n) is 3.55. The Kier molecular flexibility index (Phi) is 13.7. The van der Waals surface area contributed by atoms with E-state index in [4.69, 9.17) is 23.2 Å². The van der Waals surface area contributed by atoms with Gasteiger partial charge in [-0.15, -0.1) is 0 Å². The normalized spacial score (nSPS) is 11.7. The molecule has 15 nitrogen and oxygen atoms in total. The quantitative estimate of drug-likeness (QED) is 0.0523. The molecule has 0 fully saturated rings. The molecule has 1 heterocycles. The molecule has 0 atom stereocenters. The molecule has 21 heteroatoms. The van der Waals surface area contributed by atoms with Crippen LogP contribution < -0.4 is 64.0 Å². The predicted molar refractivity (Wildman–Crippen MR) is 153 cm³/mol. The molecule has 222 valence electrons. The van der Waals surface area contributed by atoms with Crippen molar-refractivity contribution in [2.45, 2.75) is 9.79 Å². The summed E-state index contributed by atoms with van der Waals surface area (Å²) in [5.41, 5.74) is -0.0522. The number of nitro groups is 1. The van der Waals surface area contributed by atoms with Gasteiger partial charge in [-0.3, -0.25) is 10.1 Å². The van der Waals surface area contributed by atoms with Gasteiger partial charge in [0.15, 0.2) is 0 Å². The molecule has 0 amide bonds. The minimum absolute atomic E-state index is 0. The molecule has 4 aromatic rings. The van der Waals surface area contributed by atoms with Gasteiger partial charge in [0.25, 0.3) is 5.69 Å². The van der Waals surface area contributed by atoms with E-state index in [1.54, 1.807) is 36.2 Å². The molecule has 0 radical (unpaired) electrons. The smallest absolute Gasteiger partial charge is 0.744 e. The maximum Gasteiger partial charge on any atom is 1.00 e. The van der Waals surface area contributed by atoms with E-state index in [2.05, 4.69) is 25.2 Å². The summed E-state index contributed by atoms with van der Waals surface area (Å²) in [7, 11) is -8.53. The Labute approximate surface area is 310 Å². The van der Waals surface area contributed by atoms with Crippen LogP contribution in [0, 0.1) is 10.1 Å². The second-order valence-electron chi connectivity index (χ2n) is 8.39. The molecule has 0 aliphatic rings. The Morgan fingerprint density at radius 1 is 0.756 bits per heavy atom. The van der Waals surface area contributed by atoms with Crippen molar-refractivity contribution in [1.82, 2.24) is 15.0 Å². The first-order valence-electron chi connectivity index (χ1n) is 11.5. The van der Waals surface area contributed by atoms with Gasteiger partial charge in [-0.1, -0.05) is 18.2 Å². The van der Waals surface area contributed by atoms with Gasteiger partial charge in [0.1, 0.15) is 20.2 Å². The number of azo groups is 1. The van der Waals surface area contributed by atoms with Gasteiger partial charge in [0.05, 0.1) is 26.1 Å². The summed E-state index contributed by atoms with van der Waals surface area (Å²) in [6.45, 7) is 0. The second-order valence-corrected chi connectivity index (χ2v) is 11.8. The van der Waals surface area contributed by atoms with E-state index in [0.29, 0.717) is 17.4 Å². The summed E-state index contributed by atoms with van der Waals surface area (Å²) in [5, 5.41) is 18.8. The fraction of sp³-hybridized carbons (Fsp3) is 0.0417. The average Bonchev–Trinajstić information content (AvgIpc) is 2.93. The van der Waals surface area contributed by atoms with E-state index >= 15 is 0 Å². The molecule has 0 aliphatic carbocycles. The monoisotopic (exact) mass is 709 g/mol. The number of benzene rings is 3. The van der Waals surface area contributed by atoms with Crippen LogP contribution in [0.5, 0.6) is 0 Å². The average molecular weight is 710 g/mol. The SMILES string of the molecule is CN(c1ccc(N=Nc2ccc(C=Cc3ccc([N+](=O)[O-])cc3S(=O)(=O)[O-])c(S(=O)(=O)[O-])c2)cc1)c1nc(Cl)nc(Cl)n1.[Na+].[Na+]. The molecule has 4 rings (SSSR count). The van der Waals surface area contributed by atoms with Crippen molar-refractivity contribution in [3.8, 4) is 0 Å². The van der Waals surface area contributed by atoms with Gasteiger partial charge in [-0.05, 0) is 76.8 Å². The second kappa shape index (κ2) is 15.9. The number of hydrogen-bond acceptors (Lipinski definition) is 14. The number of non-ortho nitro benzene ring substituents is 1. The number of aromatic nitrogens is 3. The number of anilines is 2. The first kappa shape index (κ1) is 38.8. The molecule has 0 saturated carbocycles. The van der Waals surface area contributed by atoms with Gasteiger partial charge >= 0.3 is 59.1 Å². The van der Waals surface area contributed by atoms with E-state index in [0.717, 1.165) is 30.4 Å². The van der Waals surface area contributed by atoms with Crippen molar-refractivity contribution in [3.05, 3.63) is 92.5 Å². The Morgan fingerprint density at radius 2 is 1.22 bits per heavy atom. The summed E-state index contributed by atoms with van der Waals surface area (Å²) in [5.74, 6) is 0.194. The van der Waals surface area contributed by atoms with Gasteiger partial charge in [-0.2, -0.15) is 25.2 Å². The molecular weight excluding hydrogens is 695 g/mol. The Hall–Kier alpha value is -2.39. The summed E-state index contributed by atoms with van der Waals surface area (Å²) in [6.07, 6.45) is 2.11. The van der Waals surface area contributed by atoms with Crippen LogP contribution in [0.2, 0.25) is 10.6 Å². The van der Waals surface area contributed by atoms with Crippen LogP contribution in [0.1, 0.15) is 11.1 Å². The summed E-state index contributed by atoms with van der Waals surface area (Å²) < 4.78 is 70.9. The predicted octanol–water partition coefficient (Wildman–Crippen LogP) is -0.743. The van der Waals surface area contributed by atoms with Crippen LogP contribution in [-0.4, -0.2) is 52.9 Å². The van der Waals surface area contributed by atoms with E-state index < -0.39 is 40.6 Å². The molecule has 0 aliphatic heterocycles. The van der Waals surface area contributed by atoms with Crippen LogP contribution in [0.25, 0.3) is 12.2 Å². The van der Waals surface area contributed by atoms with Crippen LogP contribution >= 0.6 is 23.2 Å². The summed E-state index contributed by atoms with van der Waals surface area (Å²) >= 11 is 11.6. The number of hydrogen-bond donors (Lipinski definition) is 0. The third kappa shape index (κ3) is 10.3. The van der Waals surface area contributed by atoms with Crippen molar-refractivity contribution in [1.29, 1.82) is 0 Å². The van der Waals surface area contributed by atoms with E-state index in [-0.39, 0.29) is 92.4 Å². The molecule has 0 saturated heterocycles. The van der Waals surface area contributed by atoms with Crippen molar-refractivity contribution in [2.75, 3.05) is 11.9 Å². The largest absolute Gasteiger partial charge is 1.00 e. The van der Waals surface area contributed by atoms with Crippen molar-refractivity contribution in [2.24, 2.45) is 10.2 Å².